The molecule has 1 aliphatic heterocycles. The summed E-state index contributed by atoms with van der Waals surface area (Å²) in [6.07, 6.45) is -0.0932. The molecule has 11 heteroatoms. The van der Waals surface area contributed by atoms with E-state index in [1.807, 2.05) is 25.1 Å². The number of benzene rings is 2. The summed E-state index contributed by atoms with van der Waals surface area (Å²) < 4.78 is 26.2. The first-order chi connectivity index (χ1) is 17.9. The molecule has 1 saturated heterocycles. The normalized spacial score (nSPS) is 15.5. The summed E-state index contributed by atoms with van der Waals surface area (Å²) in [5.41, 5.74) is 2.82. The zero-order valence-corrected chi connectivity index (χ0v) is 21.1. The minimum atomic E-state index is -1.24. The third kappa shape index (κ3) is 5.33. The van der Waals surface area contributed by atoms with Gasteiger partial charge in [0.15, 0.2) is 0 Å². The molecule has 0 aliphatic carbocycles. The molecule has 1 fully saturated rings. The predicted octanol–water partition coefficient (Wildman–Crippen LogP) is 3.74. The summed E-state index contributed by atoms with van der Waals surface area (Å²) in [5, 5.41) is 22.8. The van der Waals surface area contributed by atoms with Crippen LogP contribution in [0.4, 0.5) is 10.1 Å². The highest BCUT2D eigenvalue weighted by Gasteiger charge is 2.22. The van der Waals surface area contributed by atoms with Crippen molar-refractivity contribution >= 4 is 28.2 Å². The number of aromatic nitrogens is 4. The lowest BCUT2D eigenvalue weighted by Crippen LogP contribution is -2.36. The van der Waals surface area contributed by atoms with Crippen LogP contribution in [0.15, 0.2) is 48.8 Å². The first-order valence-corrected chi connectivity index (χ1v) is 12.2. The summed E-state index contributed by atoms with van der Waals surface area (Å²) in [6, 6.07) is 11.7. The van der Waals surface area contributed by atoms with Gasteiger partial charge >= 0.3 is 0 Å². The number of aliphatic hydroxyl groups is 1. The lowest BCUT2D eigenvalue weighted by molar-refractivity contribution is 0.122. The molecular weight excluding hydrogens is 499 g/mol. The largest absolute Gasteiger partial charge is 0.458 e. The van der Waals surface area contributed by atoms with Gasteiger partial charge in [0.25, 0.3) is 0 Å². The van der Waals surface area contributed by atoms with Crippen molar-refractivity contribution in [2.75, 3.05) is 38.3 Å². The molecule has 2 aromatic heterocycles. The minimum Gasteiger partial charge on any atom is -0.458 e. The van der Waals surface area contributed by atoms with Gasteiger partial charge in [-0.1, -0.05) is 11.6 Å². The van der Waals surface area contributed by atoms with Gasteiger partial charge < -0.3 is 19.5 Å². The number of fused-ring (bicyclic) bond motifs is 1. The second kappa shape index (κ2) is 10.9. The molecule has 0 bridgehead atoms. The molecule has 3 heterocycles. The maximum absolute atomic E-state index is 15.2. The van der Waals surface area contributed by atoms with E-state index in [9.17, 15) is 5.11 Å². The number of ether oxygens (including phenoxy) is 2. The molecule has 0 spiro atoms. The number of hydrogen-bond acceptors (Lipinski definition) is 9. The number of nitrogens with zero attached hydrogens (tertiary/aromatic N) is 5. The van der Waals surface area contributed by atoms with Crippen molar-refractivity contribution in [1.29, 1.82) is 0 Å². The number of rotatable bonds is 7. The van der Waals surface area contributed by atoms with Crippen LogP contribution in [0.3, 0.4) is 0 Å². The van der Waals surface area contributed by atoms with E-state index >= 15 is 4.39 Å². The molecule has 2 aromatic carbocycles. The number of anilines is 1. The lowest BCUT2D eigenvalue weighted by Gasteiger charge is -2.29. The van der Waals surface area contributed by atoms with Crippen LogP contribution in [0.25, 0.3) is 22.2 Å². The van der Waals surface area contributed by atoms with Crippen LogP contribution in [0.2, 0.25) is 5.02 Å². The van der Waals surface area contributed by atoms with Crippen molar-refractivity contribution in [2.45, 2.75) is 19.3 Å². The van der Waals surface area contributed by atoms with E-state index in [0.29, 0.717) is 35.7 Å². The predicted molar refractivity (Wildman–Crippen MR) is 138 cm³/mol. The van der Waals surface area contributed by atoms with E-state index in [1.54, 1.807) is 19.2 Å². The lowest BCUT2D eigenvalue weighted by atomic mass is 9.99. The van der Waals surface area contributed by atoms with E-state index in [4.69, 9.17) is 21.1 Å². The number of hydrogen-bond donors (Lipinski definition) is 2. The van der Waals surface area contributed by atoms with Crippen molar-refractivity contribution in [3.8, 4) is 17.1 Å². The number of morpholine rings is 1. The summed E-state index contributed by atoms with van der Waals surface area (Å²) in [6.45, 7) is 4.75. The van der Waals surface area contributed by atoms with Gasteiger partial charge in [0.1, 0.15) is 24.5 Å². The molecule has 0 radical (unpaired) electrons. The highest BCUT2D eigenvalue weighted by molar-refractivity contribution is 6.31. The molecule has 2 N–H and O–H groups in total. The summed E-state index contributed by atoms with van der Waals surface area (Å²) in [4.78, 5) is 11.0. The highest BCUT2D eigenvalue weighted by atomic mass is 35.5. The minimum absolute atomic E-state index is 0.0626. The Hall–Kier alpha value is -3.44. The van der Waals surface area contributed by atoms with Crippen LogP contribution >= 0.6 is 11.6 Å². The third-order valence-corrected chi connectivity index (χ3v) is 6.60. The van der Waals surface area contributed by atoms with Crippen LogP contribution < -0.4 is 15.0 Å². The number of halogens is 2. The average Bonchev–Trinajstić information content (AvgIpc) is 2.93. The summed E-state index contributed by atoms with van der Waals surface area (Å²) in [7, 11) is 1.76. The Morgan fingerprint density at radius 1 is 1.11 bits per heavy atom. The van der Waals surface area contributed by atoms with Crippen LogP contribution in [-0.4, -0.2) is 64.9 Å². The van der Waals surface area contributed by atoms with E-state index in [1.165, 1.54) is 18.5 Å². The van der Waals surface area contributed by atoms with Crippen molar-refractivity contribution in [2.24, 2.45) is 0 Å². The first kappa shape index (κ1) is 25.2. The molecule has 37 heavy (non-hydrogen) atoms. The molecular formula is C26H26ClFN6O3. The van der Waals surface area contributed by atoms with Crippen LogP contribution in [0, 0.1) is 5.82 Å². The van der Waals surface area contributed by atoms with Gasteiger partial charge in [0.2, 0.25) is 5.88 Å². The Labute approximate surface area is 218 Å². The van der Waals surface area contributed by atoms with E-state index < -0.39 is 11.9 Å². The Morgan fingerprint density at radius 3 is 2.65 bits per heavy atom. The molecule has 2 atom stereocenters. The van der Waals surface area contributed by atoms with Crippen molar-refractivity contribution in [1.82, 2.24) is 25.5 Å². The maximum atomic E-state index is 15.2. The number of nitrogens with one attached hydrogen (secondary N) is 1. The molecule has 5 rings (SSSR count). The van der Waals surface area contributed by atoms with Crippen molar-refractivity contribution in [3.63, 3.8) is 0 Å². The van der Waals surface area contributed by atoms with Crippen LogP contribution in [-0.2, 0) is 4.74 Å². The molecule has 1 aliphatic rings. The Bertz CT molecular complexity index is 1400. The summed E-state index contributed by atoms with van der Waals surface area (Å²) >= 11 is 6.35. The number of aliphatic hydroxyl groups excluding tert-OH is 1. The maximum Gasteiger partial charge on any atom is 0.234 e. The smallest absolute Gasteiger partial charge is 0.234 e. The molecule has 0 saturated carbocycles. The zero-order valence-electron chi connectivity index (χ0n) is 20.4. The van der Waals surface area contributed by atoms with Crippen molar-refractivity contribution in [3.05, 3.63) is 70.9 Å². The fraction of sp³-hybridized carbons (Fsp3) is 0.308. The fourth-order valence-electron chi connectivity index (χ4n) is 4.17. The fourth-order valence-corrected chi connectivity index (χ4v) is 4.43. The highest BCUT2D eigenvalue weighted by Crippen LogP contribution is 2.36. The standard InChI is InChI=1S/C26H26ClFN6O3/c1-15(29-2)37-24-6-5-22(32-33-24)26(35)18-12-19(21(28)13-20(18)27)25-17-4-3-16(11-23(17)30-14-31-25)34-7-9-36-10-8-34/h3-6,11-15,26,29,35H,7-10H2,1-2H3. The second-order valence-electron chi connectivity index (χ2n) is 8.62. The van der Waals surface area contributed by atoms with E-state index in [0.717, 1.165) is 18.8 Å². The topological polar surface area (TPSA) is 106 Å². The quantitative estimate of drug-likeness (QED) is 0.350. The average molecular weight is 525 g/mol. The zero-order chi connectivity index (χ0) is 25.9. The van der Waals surface area contributed by atoms with Gasteiger partial charge in [-0.3, -0.25) is 5.32 Å². The van der Waals surface area contributed by atoms with Gasteiger partial charge in [0.05, 0.1) is 30.1 Å². The SMILES string of the molecule is CNC(C)Oc1ccc(C(O)c2cc(-c3ncnc4cc(N5CCOCC5)ccc34)c(F)cc2Cl)nn1. The van der Waals surface area contributed by atoms with Gasteiger partial charge in [-0.05, 0) is 50.4 Å². The second-order valence-corrected chi connectivity index (χ2v) is 9.03. The van der Waals surface area contributed by atoms with E-state index in [-0.39, 0.29) is 28.1 Å². The molecule has 4 aromatic rings. The monoisotopic (exact) mass is 524 g/mol. The summed E-state index contributed by atoms with van der Waals surface area (Å²) in [5.74, 6) is -0.262. The third-order valence-electron chi connectivity index (χ3n) is 6.28. The Balaban J connectivity index is 1.49. The van der Waals surface area contributed by atoms with E-state index in [2.05, 4.69) is 30.4 Å². The van der Waals surface area contributed by atoms with Gasteiger partial charge in [0, 0.05) is 46.4 Å². The Kier molecular flexibility index (Phi) is 7.43. The van der Waals surface area contributed by atoms with Crippen molar-refractivity contribution < 1.29 is 19.0 Å². The molecule has 2 unspecified atom stereocenters. The van der Waals surface area contributed by atoms with Gasteiger partial charge in [-0.15, -0.1) is 10.2 Å². The first-order valence-electron chi connectivity index (χ1n) is 11.9. The van der Waals surface area contributed by atoms with Gasteiger partial charge in [-0.2, -0.15) is 0 Å². The molecule has 0 amide bonds. The van der Waals surface area contributed by atoms with Crippen LogP contribution in [0.1, 0.15) is 24.3 Å². The Morgan fingerprint density at radius 2 is 1.92 bits per heavy atom. The molecule has 9 nitrogen and oxygen atoms in total. The van der Waals surface area contributed by atoms with Crippen LogP contribution in [0.5, 0.6) is 5.88 Å². The molecule has 192 valence electrons. The van der Waals surface area contributed by atoms with Gasteiger partial charge in [-0.25, -0.2) is 14.4 Å².